The normalized spacial score (nSPS) is 17.6. The minimum atomic E-state index is -3.04. The lowest BCUT2D eigenvalue weighted by atomic mass is 10.0. The number of aromatic nitrogens is 2. The molecule has 14 heteroatoms. The zero-order chi connectivity index (χ0) is 28.2. The molecule has 8 nitrogen and oxygen atoms in total. The monoisotopic (exact) mass is 629 g/mol. The topological polar surface area (TPSA) is 90.9 Å². The van der Waals surface area contributed by atoms with Gasteiger partial charge in [-0.25, -0.2) is 4.79 Å². The van der Waals surface area contributed by atoms with E-state index in [1.54, 1.807) is 5.51 Å². The number of esters is 1. The summed E-state index contributed by atoms with van der Waals surface area (Å²) in [7, 11) is 0. The highest BCUT2D eigenvalue weighted by atomic mass is 35.5. The number of halogens is 4. The van der Waals surface area contributed by atoms with Gasteiger partial charge in [0.2, 0.25) is 0 Å². The quantitative estimate of drug-likeness (QED) is 0.229. The van der Waals surface area contributed by atoms with Crippen molar-refractivity contribution >= 4 is 58.2 Å². The number of thiazole rings is 1. The Hall–Kier alpha value is -2.67. The average molecular weight is 631 g/mol. The number of carbonyl (C=O) groups is 2. The van der Waals surface area contributed by atoms with E-state index < -0.39 is 24.1 Å². The van der Waals surface area contributed by atoms with Gasteiger partial charge in [0, 0.05) is 31.1 Å². The smallest absolute Gasteiger partial charge is 0.387 e. The minimum Gasteiger partial charge on any atom is -0.489 e. The fourth-order valence-electron chi connectivity index (χ4n) is 4.10. The van der Waals surface area contributed by atoms with Crippen molar-refractivity contribution in [1.82, 2.24) is 14.9 Å². The highest BCUT2D eigenvalue weighted by Crippen LogP contribution is 2.39. The van der Waals surface area contributed by atoms with Gasteiger partial charge in [0.25, 0.3) is 5.91 Å². The van der Waals surface area contributed by atoms with Crippen LogP contribution in [0.5, 0.6) is 11.5 Å². The van der Waals surface area contributed by atoms with Gasteiger partial charge in [-0.15, -0.1) is 23.1 Å². The third-order valence-corrected chi connectivity index (χ3v) is 8.92. The molecule has 1 aliphatic heterocycles. The molecule has 1 aliphatic carbocycles. The van der Waals surface area contributed by atoms with Crippen molar-refractivity contribution in [2.75, 3.05) is 18.9 Å². The number of nitrogens with zero attached hydrogens (tertiary/aromatic N) is 3. The standard InChI is InChI=1S/C26H23Cl2F2N3O5S2/c27-17-9-31-10-18(28)16(17)8-20(15-3-4-19(38-26(29)30)21(7-15)36-12-14-1-2-14)37-25(35)24-33(5-6-39-24)23(34)22-11-32-13-40-22/h3-4,7,9-11,13-14,20,24,26H,1-2,5-6,8,12H2/t20-,24?/m0/s1. The number of pyridine rings is 1. The Morgan fingerprint density at radius 1 is 1.10 bits per heavy atom. The van der Waals surface area contributed by atoms with E-state index >= 15 is 0 Å². The average Bonchev–Trinajstić information content (AvgIpc) is 3.36. The number of benzene rings is 1. The number of alkyl halides is 2. The first-order chi connectivity index (χ1) is 19.3. The number of carbonyl (C=O) groups excluding carboxylic acids is 2. The lowest BCUT2D eigenvalue weighted by Crippen LogP contribution is -2.40. The van der Waals surface area contributed by atoms with Crippen LogP contribution in [0.1, 0.15) is 39.7 Å². The maximum absolute atomic E-state index is 13.5. The van der Waals surface area contributed by atoms with Crippen LogP contribution < -0.4 is 9.47 Å². The highest BCUT2D eigenvalue weighted by Gasteiger charge is 2.38. The summed E-state index contributed by atoms with van der Waals surface area (Å²) in [6.07, 6.45) is 5.42. The number of ether oxygens (including phenoxy) is 3. The predicted molar refractivity (Wildman–Crippen MR) is 147 cm³/mol. The van der Waals surface area contributed by atoms with Crippen LogP contribution in [-0.2, 0) is 16.0 Å². The SMILES string of the molecule is O=C(O[C@@H](Cc1c(Cl)cncc1Cl)c1ccc(OC(F)F)c(OCC2CC2)c1)C1SCCN1C(=O)c1cncs1. The zero-order valence-electron chi connectivity index (χ0n) is 20.8. The summed E-state index contributed by atoms with van der Waals surface area (Å²) in [4.78, 5) is 36.3. The van der Waals surface area contributed by atoms with Crippen LogP contribution in [0.25, 0.3) is 0 Å². The van der Waals surface area contributed by atoms with Crippen LogP contribution in [0.2, 0.25) is 10.0 Å². The van der Waals surface area contributed by atoms with Crippen LogP contribution in [0, 0.1) is 5.92 Å². The number of rotatable bonds is 11. The molecule has 1 amide bonds. The number of thioether (sulfide) groups is 1. The molecule has 3 heterocycles. The summed E-state index contributed by atoms with van der Waals surface area (Å²) in [6, 6.07) is 4.39. The summed E-state index contributed by atoms with van der Waals surface area (Å²) in [5.74, 6) is -0.0642. The molecule has 3 aromatic rings. The summed E-state index contributed by atoms with van der Waals surface area (Å²) >= 11 is 15.2. The molecule has 2 atom stereocenters. The lowest BCUT2D eigenvalue weighted by molar-refractivity contribution is -0.151. The van der Waals surface area contributed by atoms with E-state index in [4.69, 9.17) is 32.7 Å². The van der Waals surface area contributed by atoms with E-state index in [0.717, 1.165) is 12.8 Å². The number of hydrogen-bond acceptors (Lipinski definition) is 9. The molecule has 1 aromatic carbocycles. The largest absolute Gasteiger partial charge is 0.489 e. The van der Waals surface area contributed by atoms with Crippen molar-refractivity contribution in [3.05, 3.63) is 68.3 Å². The fourth-order valence-corrected chi connectivity index (χ4v) is 6.30. The van der Waals surface area contributed by atoms with Crippen LogP contribution in [-0.4, -0.2) is 57.6 Å². The molecule has 2 aliphatic rings. The fraction of sp³-hybridized carbons (Fsp3) is 0.385. The minimum absolute atomic E-state index is 0.0588. The Balaban J connectivity index is 1.44. The van der Waals surface area contributed by atoms with Gasteiger partial charge in [-0.2, -0.15) is 8.78 Å². The molecule has 212 valence electrons. The molecule has 1 saturated carbocycles. The van der Waals surface area contributed by atoms with Crippen molar-refractivity contribution in [3.63, 3.8) is 0 Å². The summed E-state index contributed by atoms with van der Waals surface area (Å²) < 4.78 is 42.6. The Bertz CT molecular complexity index is 1340. The van der Waals surface area contributed by atoms with Gasteiger partial charge in [-0.1, -0.05) is 29.3 Å². The van der Waals surface area contributed by atoms with E-state index in [2.05, 4.69) is 14.7 Å². The van der Waals surface area contributed by atoms with Crippen LogP contribution >= 0.6 is 46.3 Å². The van der Waals surface area contributed by atoms with Gasteiger partial charge in [-0.05, 0) is 42.0 Å². The summed E-state index contributed by atoms with van der Waals surface area (Å²) in [5, 5.41) is -0.338. The van der Waals surface area contributed by atoms with E-state index in [1.807, 2.05) is 0 Å². The molecule has 2 aromatic heterocycles. The molecule has 40 heavy (non-hydrogen) atoms. The Kier molecular flexibility index (Phi) is 9.29. The van der Waals surface area contributed by atoms with Crippen molar-refractivity contribution in [3.8, 4) is 11.5 Å². The molecule has 0 N–H and O–H groups in total. The van der Waals surface area contributed by atoms with E-state index in [1.165, 1.54) is 64.8 Å². The third-order valence-electron chi connectivity index (χ3n) is 6.32. The van der Waals surface area contributed by atoms with Crippen LogP contribution in [0.3, 0.4) is 0 Å². The van der Waals surface area contributed by atoms with Crippen molar-refractivity contribution in [2.45, 2.75) is 37.4 Å². The van der Waals surface area contributed by atoms with Crippen LogP contribution in [0.4, 0.5) is 8.78 Å². The van der Waals surface area contributed by atoms with Crippen molar-refractivity contribution < 1.29 is 32.6 Å². The van der Waals surface area contributed by atoms with Crippen molar-refractivity contribution in [1.29, 1.82) is 0 Å². The summed E-state index contributed by atoms with van der Waals surface area (Å²) in [5.41, 5.74) is 2.49. The van der Waals surface area contributed by atoms with Gasteiger partial charge < -0.3 is 19.1 Å². The van der Waals surface area contributed by atoms with Gasteiger partial charge in [-0.3, -0.25) is 14.8 Å². The maximum Gasteiger partial charge on any atom is 0.387 e. The molecule has 1 saturated heterocycles. The Morgan fingerprint density at radius 3 is 2.55 bits per heavy atom. The van der Waals surface area contributed by atoms with Gasteiger partial charge >= 0.3 is 12.6 Å². The van der Waals surface area contributed by atoms with E-state index in [0.29, 0.717) is 40.8 Å². The van der Waals surface area contributed by atoms with E-state index in [-0.39, 0.29) is 33.9 Å². The Morgan fingerprint density at radius 2 is 1.88 bits per heavy atom. The van der Waals surface area contributed by atoms with Gasteiger partial charge in [0.1, 0.15) is 11.0 Å². The van der Waals surface area contributed by atoms with Gasteiger partial charge in [0.15, 0.2) is 16.9 Å². The van der Waals surface area contributed by atoms with Crippen LogP contribution in [0.15, 0.2) is 42.3 Å². The first-order valence-corrected chi connectivity index (χ1v) is 15.0. The lowest BCUT2D eigenvalue weighted by Gasteiger charge is -2.26. The summed E-state index contributed by atoms with van der Waals surface area (Å²) in [6.45, 7) is -2.33. The number of amides is 1. The third kappa shape index (κ3) is 6.96. The molecule has 0 spiro atoms. The maximum atomic E-state index is 13.5. The van der Waals surface area contributed by atoms with Gasteiger partial charge in [0.05, 0.1) is 28.4 Å². The first kappa shape index (κ1) is 28.8. The second-order valence-electron chi connectivity index (χ2n) is 9.14. The first-order valence-electron chi connectivity index (χ1n) is 12.3. The predicted octanol–water partition coefficient (Wildman–Crippen LogP) is 6.28. The number of hydrogen-bond donors (Lipinski definition) is 0. The highest BCUT2D eigenvalue weighted by molar-refractivity contribution is 8.00. The second kappa shape index (κ2) is 12.9. The molecule has 2 fully saturated rings. The van der Waals surface area contributed by atoms with E-state index in [9.17, 15) is 18.4 Å². The van der Waals surface area contributed by atoms with Crippen molar-refractivity contribution in [2.24, 2.45) is 5.92 Å². The molecule has 0 bridgehead atoms. The Labute approximate surface area is 246 Å². The molecular weight excluding hydrogens is 607 g/mol. The molecule has 5 rings (SSSR count). The molecule has 0 radical (unpaired) electrons. The molecule has 1 unspecified atom stereocenters. The zero-order valence-corrected chi connectivity index (χ0v) is 23.9. The molecular formula is C26H23Cl2F2N3O5S2. The second-order valence-corrected chi connectivity index (χ2v) is 12.0.